The summed E-state index contributed by atoms with van der Waals surface area (Å²) in [6, 6.07) is 19.4. The summed E-state index contributed by atoms with van der Waals surface area (Å²) in [5, 5.41) is 10.4. The summed E-state index contributed by atoms with van der Waals surface area (Å²) in [6.45, 7) is 0. The van der Waals surface area contributed by atoms with Gasteiger partial charge in [-0.25, -0.2) is 5.01 Å². The van der Waals surface area contributed by atoms with E-state index in [1.165, 1.54) is 0 Å². The van der Waals surface area contributed by atoms with E-state index in [0.717, 1.165) is 16.8 Å². The summed E-state index contributed by atoms with van der Waals surface area (Å²) < 4.78 is 0. The van der Waals surface area contributed by atoms with E-state index in [9.17, 15) is 9.59 Å². The molecule has 0 aromatic heterocycles. The molecule has 5 nitrogen and oxygen atoms in total. The fourth-order valence-electron chi connectivity index (χ4n) is 2.87. The molecule has 1 aliphatic heterocycles. The first kappa shape index (κ1) is 16.8. The molecule has 1 amide bonds. The van der Waals surface area contributed by atoms with E-state index in [-0.39, 0.29) is 24.8 Å². The van der Waals surface area contributed by atoms with Crippen LogP contribution in [-0.2, 0) is 9.59 Å². The molecule has 5 heteroatoms. The molecule has 1 atom stereocenters. The summed E-state index contributed by atoms with van der Waals surface area (Å²) in [6.07, 6.45) is 2.54. The lowest BCUT2D eigenvalue weighted by atomic mass is 10.0. The van der Waals surface area contributed by atoms with Crippen LogP contribution in [0.3, 0.4) is 0 Å². The summed E-state index contributed by atoms with van der Waals surface area (Å²) in [7, 11) is 0. The highest BCUT2D eigenvalue weighted by Gasteiger charge is 2.30. The van der Waals surface area contributed by atoms with E-state index in [4.69, 9.17) is 5.11 Å². The van der Waals surface area contributed by atoms with Crippen molar-refractivity contribution in [3.63, 3.8) is 0 Å². The van der Waals surface area contributed by atoms with Gasteiger partial charge in [0.25, 0.3) is 0 Å². The van der Waals surface area contributed by atoms with Gasteiger partial charge in [-0.05, 0) is 23.6 Å². The third-order valence-corrected chi connectivity index (χ3v) is 4.12. The Labute approximate surface area is 146 Å². The van der Waals surface area contributed by atoms with Crippen LogP contribution in [-0.4, -0.2) is 22.0 Å². The first-order valence-electron chi connectivity index (χ1n) is 8.28. The van der Waals surface area contributed by atoms with E-state index in [1.54, 1.807) is 5.01 Å². The number of carbonyl (C=O) groups excluding carboxylic acids is 1. The molecule has 2 aromatic carbocycles. The molecule has 0 spiro atoms. The Kier molecular flexibility index (Phi) is 5.14. The Morgan fingerprint density at radius 1 is 0.960 bits per heavy atom. The van der Waals surface area contributed by atoms with Gasteiger partial charge in [-0.1, -0.05) is 60.7 Å². The van der Waals surface area contributed by atoms with Gasteiger partial charge in [0, 0.05) is 12.8 Å². The van der Waals surface area contributed by atoms with Gasteiger partial charge in [-0.15, -0.1) is 0 Å². The number of aliphatic carboxylic acids is 1. The molecule has 25 heavy (non-hydrogen) atoms. The van der Waals surface area contributed by atoms with Gasteiger partial charge in [0.05, 0.1) is 11.7 Å². The van der Waals surface area contributed by atoms with Crippen LogP contribution in [0.1, 0.15) is 36.4 Å². The normalized spacial score (nSPS) is 16.2. The van der Waals surface area contributed by atoms with Crippen molar-refractivity contribution in [1.82, 2.24) is 10.4 Å². The second-order valence-corrected chi connectivity index (χ2v) is 5.92. The average molecular weight is 336 g/mol. The molecule has 0 unspecified atom stereocenters. The van der Waals surface area contributed by atoms with Crippen LogP contribution < -0.4 is 5.43 Å². The lowest BCUT2D eigenvalue weighted by Gasteiger charge is -2.25. The highest BCUT2D eigenvalue weighted by atomic mass is 16.4. The first-order chi connectivity index (χ1) is 12.1. The Bertz CT molecular complexity index is 772. The predicted molar refractivity (Wildman–Crippen MR) is 95.1 cm³/mol. The van der Waals surface area contributed by atoms with E-state index < -0.39 is 5.97 Å². The van der Waals surface area contributed by atoms with Crippen molar-refractivity contribution in [3.8, 4) is 0 Å². The van der Waals surface area contributed by atoms with Crippen LogP contribution in [0.5, 0.6) is 0 Å². The lowest BCUT2D eigenvalue weighted by Crippen LogP contribution is -2.39. The second-order valence-electron chi connectivity index (χ2n) is 5.92. The molecule has 0 fully saturated rings. The monoisotopic (exact) mass is 336 g/mol. The molecule has 128 valence electrons. The molecular formula is C20H20N2O3. The molecule has 0 bridgehead atoms. The van der Waals surface area contributed by atoms with Crippen LogP contribution in [0, 0.1) is 0 Å². The van der Waals surface area contributed by atoms with Crippen LogP contribution in [0.4, 0.5) is 0 Å². The minimum atomic E-state index is -0.884. The molecule has 2 aromatic rings. The quantitative estimate of drug-likeness (QED) is 0.848. The van der Waals surface area contributed by atoms with Crippen LogP contribution in [0.25, 0.3) is 5.70 Å². The van der Waals surface area contributed by atoms with Crippen molar-refractivity contribution in [2.75, 3.05) is 0 Å². The molecule has 3 rings (SSSR count). The van der Waals surface area contributed by atoms with Gasteiger partial charge < -0.3 is 5.11 Å². The molecule has 0 saturated carbocycles. The number of rotatable bonds is 6. The highest BCUT2D eigenvalue weighted by Crippen LogP contribution is 2.31. The smallest absolute Gasteiger partial charge is 0.303 e. The van der Waals surface area contributed by atoms with Gasteiger partial charge in [0.15, 0.2) is 0 Å². The van der Waals surface area contributed by atoms with Crippen molar-refractivity contribution in [2.45, 2.75) is 25.3 Å². The fraction of sp³-hybridized carbons (Fsp3) is 0.200. The maximum absolute atomic E-state index is 12.6. The van der Waals surface area contributed by atoms with E-state index in [2.05, 4.69) is 5.43 Å². The number of amides is 1. The molecule has 1 heterocycles. The van der Waals surface area contributed by atoms with Crippen LogP contribution >= 0.6 is 0 Å². The number of carbonyl (C=O) groups is 2. The lowest BCUT2D eigenvalue weighted by molar-refractivity contribution is -0.137. The number of carboxylic acid groups (broad SMARTS) is 1. The number of hydrazine groups is 1. The Hall–Kier alpha value is -3.08. The minimum Gasteiger partial charge on any atom is -0.481 e. The number of hydrogen-bond acceptors (Lipinski definition) is 3. The largest absolute Gasteiger partial charge is 0.481 e. The summed E-state index contributed by atoms with van der Waals surface area (Å²) in [5.74, 6) is -0.998. The summed E-state index contributed by atoms with van der Waals surface area (Å²) in [4.78, 5) is 23.3. The molecule has 0 aliphatic carbocycles. The Morgan fingerprint density at radius 2 is 1.60 bits per heavy atom. The van der Waals surface area contributed by atoms with E-state index in [1.807, 2.05) is 66.7 Å². The predicted octanol–water partition coefficient (Wildman–Crippen LogP) is 3.37. The fourth-order valence-corrected chi connectivity index (χ4v) is 2.87. The average Bonchev–Trinajstić information content (AvgIpc) is 3.08. The maximum Gasteiger partial charge on any atom is 0.303 e. The zero-order valence-electron chi connectivity index (χ0n) is 13.8. The Balaban J connectivity index is 1.81. The van der Waals surface area contributed by atoms with Crippen molar-refractivity contribution in [2.24, 2.45) is 0 Å². The van der Waals surface area contributed by atoms with Gasteiger partial charge in [-0.3, -0.25) is 15.0 Å². The van der Waals surface area contributed by atoms with Crippen LogP contribution in [0.15, 0.2) is 66.7 Å². The topological polar surface area (TPSA) is 69.6 Å². The third kappa shape index (κ3) is 4.07. The zero-order chi connectivity index (χ0) is 17.6. The summed E-state index contributed by atoms with van der Waals surface area (Å²) >= 11 is 0. The van der Waals surface area contributed by atoms with Gasteiger partial charge in [0.2, 0.25) is 5.91 Å². The number of hydrogen-bond donors (Lipinski definition) is 2. The highest BCUT2D eigenvalue weighted by molar-refractivity contribution is 5.81. The minimum absolute atomic E-state index is 0.00540. The molecule has 0 saturated heterocycles. The van der Waals surface area contributed by atoms with Crippen molar-refractivity contribution in [1.29, 1.82) is 0 Å². The van der Waals surface area contributed by atoms with Crippen LogP contribution in [0.2, 0.25) is 0 Å². The maximum atomic E-state index is 12.6. The number of nitrogens with zero attached hydrogens (tertiary/aromatic N) is 1. The van der Waals surface area contributed by atoms with Gasteiger partial charge >= 0.3 is 5.97 Å². The summed E-state index contributed by atoms with van der Waals surface area (Å²) in [5.41, 5.74) is 6.08. The molecule has 0 radical (unpaired) electrons. The SMILES string of the molecule is O=C(O)CCCC(=O)N1NC(c2ccccc2)=C[C@@H]1c1ccccc1. The standard InChI is InChI=1S/C20H20N2O3/c23-19(12-7-13-20(24)25)22-18(16-10-5-2-6-11-16)14-17(21-22)15-8-3-1-4-9-15/h1-6,8-11,14,18,21H,7,12-13H2,(H,24,25)/t18-/m1/s1. The van der Waals surface area contributed by atoms with E-state index >= 15 is 0 Å². The van der Waals surface area contributed by atoms with E-state index in [0.29, 0.717) is 6.42 Å². The number of benzene rings is 2. The number of carboxylic acids is 1. The van der Waals surface area contributed by atoms with Gasteiger partial charge in [0.1, 0.15) is 0 Å². The van der Waals surface area contributed by atoms with Crippen molar-refractivity contribution >= 4 is 17.6 Å². The number of nitrogens with one attached hydrogen (secondary N) is 1. The Morgan fingerprint density at radius 3 is 2.24 bits per heavy atom. The molecular weight excluding hydrogens is 316 g/mol. The zero-order valence-corrected chi connectivity index (χ0v) is 13.8. The molecule has 2 N–H and O–H groups in total. The van der Waals surface area contributed by atoms with Crippen molar-refractivity contribution in [3.05, 3.63) is 77.9 Å². The van der Waals surface area contributed by atoms with Gasteiger partial charge in [-0.2, -0.15) is 0 Å². The molecule has 1 aliphatic rings. The third-order valence-electron chi connectivity index (χ3n) is 4.12. The first-order valence-corrected chi connectivity index (χ1v) is 8.28. The second kappa shape index (κ2) is 7.66. The van der Waals surface area contributed by atoms with Crippen molar-refractivity contribution < 1.29 is 14.7 Å².